The van der Waals surface area contributed by atoms with Crippen molar-refractivity contribution in [3.63, 3.8) is 0 Å². The zero-order chi connectivity index (χ0) is 18.4. The highest BCUT2D eigenvalue weighted by Gasteiger charge is 2.32. The van der Waals surface area contributed by atoms with Crippen LogP contribution in [-0.4, -0.2) is 31.2 Å². The minimum Gasteiger partial charge on any atom is -0.450 e. The van der Waals surface area contributed by atoms with E-state index in [0.29, 0.717) is 35.1 Å². The molecule has 1 aromatic rings. The topological polar surface area (TPSA) is 88.7 Å². The Morgan fingerprint density at radius 2 is 2.08 bits per heavy atom. The number of guanidine groups is 1. The fraction of sp³-hybridized carbons (Fsp3) is 0.529. The van der Waals surface area contributed by atoms with E-state index < -0.39 is 6.09 Å². The fourth-order valence-electron chi connectivity index (χ4n) is 2.53. The van der Waals surface area contributed by atoms with Crippen LogP contribution in [0.5, 0.6) is 0 Å². The molecule has 0 bridgehead atoms. The molecule has 1 aliphatic carbocycles. The zero-order valence-electron chi connectivity index (χ0n) is 14.8. The van der Waals surface area contributed by atoms with Crippen molar-refractivity contribution in [2.24, 2.45) is 16.6 Å². The second kappa shape index (κ2) is 11.0. The molecule has 2 unspecified atom stereocenters. The van der Waals surface area contributed by atoms with Crippen molar-refractivity contribution in [2.75, 3.05) is 13.2 Å². The van der Waals surface area contributed by atoms with Crippen LogP contribution < -0.4 is 16.4 Å². The lowest BCUT2D eigenvalue weighted by Gasteiger charge is -2.18. The number of rotatable bonds is 7. The number of halogens is 3. The van der Waals surface area contributed by atoms with Gasteiger partial charge in [0.2, 0.25) is 0 Å². The molecular weight excluding hydrogens is 490 g/mol. The molecule has 1 fully saturated rings. The van der Waals surface area contributed by atoms with E-state index in [-0.39, 0.29) is 36.1 Å². The van der Waals surface area contributed by atoms with Crippen LogP contribution in [0.3, 0.4) is 0 Å². The van der Waals surface area contributed by atoms with Crippen molar-refractivity contribution in [2.45, 2.75) is 38.8 Å². The molecule has 1 saturated carbocycles. The third kappa shape index (κ3) is 7.36. The fourth-order valence-corrected chi connectivity index (χ4v) is 3.10. The van der Waals surface area contributed by atoms with Gasteiger partial charge in [0.15, 0.2) is 5.96 Å². The second-order valence-corrected chi connectivity index (χ2v) is 6.91. The third-order valence-electron chi connectivity index (χ3n) is 4.02. The molecule has 0 aliphatic heterocycles. The Morgan fingerprint density at radius 3 is 2.65 bits per heavy atom. The number of amides is 1. The SMILES string of the molecule is CCOC(=O)NC(CN=C(N)NC(C)c1ccc(Cl)cc1Cl)C1CC1.I. The molecule has 26 heavy (non-hydrogen) atoms. The van der Waals surface area contributed by atoms with Gasteiger partial charge in [-0.15, -0.1) is 24.0 Å². The quantitative estimate of drug-likeness (QED) is 0.290. The number of nitrogens with zero attached hydrogens (tertiary/aromatic N) is 1. The Labute approximate surface area is 181 Å². The Balaban J connectivity index is 0.00000338. The van der Waals surface area contributed by atoms with Gasteiger partial charge < -0.3 is 21.1 Å². The van der Waals surface area contributed by atoms with Crippen molar-refractivity contribution < 1.29 is 9.53 Å². The number of carbonyl (C=O) groups excluding carboxylic acids is 1. The molecule has 2 atom stereocenters. The van der Waals surface area contributed by atoms with Crippen LogP contribution in [0.25, 0.3) is 0 Å². The number of nitrogens with one attached hydrogen (secondary N) is 2. The first-order valence-electron chi connectivity index (χ1n) is 8.35. The van der Waals surface area contributed by atoms with Gasteiger partial charge >= 0.3 is 6.09 Å². The largest absolute Gasteiger partial charge is 0.450 e. The first kappa shape index (κ1) is 23.1. The smallest absolute Gasteiger partial charge is 0.407 e. The summed E-state index contributed by atoms with van der Waals surface area (Å²) in [5, 5.41) is 7.11. The van der Waals surface area contributed by atoms with E-state index in [1.165, 1.54) is 0 Å². The van der Waals surface area contributed by atoms with Gasteiger partial charge in [0.05, 0.1) is 25.2 Å². The molecule has 0 spiro atoms. The summed E-state index contributed by atoms with van der Waals surface area (Å²) in [6.45, 7) is 4.46. The van der Waals surface area contributed by atoms with Gasteiger partial charge in [0.25, 0.3) is 0 Å². The number of hydrogen-bond acceptors (Lipinski definition) is 3. The molecule has 6 nitrogen and oxygen atoms in total. The van der Waals surface area contributed by atoms with E-state index in [4.69, 9.17) is 33.7 Å². The van der Waals surface area contributed by atoms with Crippen molar-refractivity contribution in [3.8, 4) is 0 Å². The van der Waals surface area contributed by atoms with E-state index in [2.05, 4.69) is 15.6 Å². The van der Waals surface area contributed by atoms with Crippen LogP contribution in [0, 0.1) is 5.92 Å². The first-order valence-corrected chi connectivity index (χ1v) is 9.11. The zero-order valence-corrected chi connectivity index (χ0v) is 18.6. The summed E-state index contributed by atoms with van der Waals surface area (Å²) < 4.78 is 4.93. The van der Waals surface area contributed by atoms with Gasteiger partial charge in [-0.3, -0.25) is 4.99 Å². The Bertz CT molecular complexity index is 641. The molecule has 146 valence electrons. The normalized spacial score (nSPS) is 16.2. The van der Waals surface area contributed by atoms with Crippen molar-refractivity contribution in [1.82, 2.24) is 10.6 Å². The van der Waals surface area contributed by atoms with Crippen LogP contribution in [0.2, 0.25) is 10.0 Å². The summed E-state index contributed by atoms with van der Waals surface area (Å²) >= 11 is 12.1. The maximum absolute atomic E-state index is 11.6. The first-order chi connectivity index (χ1) is 11.9. The van der Waals surface area contributed by atoms with E-state index in [1.54, 1.807) is 19.1 Å². The Kier molecular flexibility index (Phi) is 9.81. The summed E-state index contributed by atoms with van der Waals surface area (Å²) in [7, 11) is 0. The summed E-state index contributed by atoms with van der Waals surface area (Å²) in [6.07, 6.45) is 1.75. The molecule has 0 radical (unpaired) electrons. The second-order valence-electron chi connectivity index (χ2n) is 6.07. The maximum Gasteiger partial charge on any atom is 0.407 e. The summed E-state index contributed by atoms with van der Waals surface area (Å²) in [5.74, 6) is 0.735. The van der Waals surface area contributed by atoms with Crippen LogP contribution in [0.4, 0.5) is 4.79 Å². The lowest BCUT2D eigenvalue weighted by atomic mass is 10.1. The number of nitrogens with two attached hydrogens (primary N) is 1. The lowest BCUT2D eigenvalue weighted by Crippen LogP contribution is -2.41. The van der Waals surface area contributed by atoms with Gasteiger partial charge in [-0.05, 0) is 50.3 Å². The minimum atomic E-state index is -0.414. The van der Waals surface area contributed by atoms with Crippen molar-refractivity contribution in [1.29, 1.82) is 0 Å². The van der Waals surface area contributed by atoms with Crippen molar-refractivity contribution in [3.05, 3.63) is 33.8 Å². The van der Waals surface area contributed by atoms with Gasteiger partial charge in [0.1, 0.15) is 0 Å². The Hall–Kier alpha value is -0.930. The summed E-state index contributed by atoms with van der Waals surface area (Å²) in [6, 6.07) is 5.14. The number of carbonyl (C=O) groups is 1. The molecule has 4 N–H and O–H groups in total. The minimum absolute atomic E-state index is 0. The number of ether oxygens (including phenoxy) is 1. The van der Waals surface area contributed by atoms with Crippen LogP contribution in [0.1, 0.15) is 38.3 Å². The van der Waals surface area contributed by atoms with Crippen molar-refractivity contribution >= 4 is 59.2 Å². The predicted molar refractivity (Wildman–Crippen MR) is 117 cm³/mol. The monoisotopic (exact) mass is 514 g/mol. The lowest BCUT2D eigenvalue weighted by molar-refractivity contribution is 0.147. The summed E-state index contributed by atoms with van der Waals surface area (Å²) in [5.41, 5.74) is 6.86. The van der Waals surface area contributed by atoms with Gasteiger partial charge in [-0.1, -0.05) is 29.3 Å². The van der Waals surface area contributed by atoms with Crippen LogP contribution in [0.15, 0.2) is 23.2 Å². The molecule has 0 saturated heterocycles. The average Bonchev–Trinajstić information content (AvgIpc) is 3.36. The van der Waals surface area contributed by atoms with Gasteiger partial charge in [-0.25, -0.2) is 4.79 Å². The van der Waals surface area contributed by atoms with Gasteiger partial charge in [0, 0.05) is 10.0 Å². The molecular formula is C17H25Cl2IN4O2. The highest BCUT2D eigenvalue weighted by molar-refractivity contribution is 14.0. The maximum atomic E-state index is 11.6. The highest BCUT2D eigenvalue weighted by Crippen LogP contribution is 2.33. The van der Waals surface area contributed by atoms with E-state index >= 15 is 0 Å². The summed E-state index contributed by atoms with van der Waals surface area (Å²) in [4.78, 5) is 16.0. The molecule has 2 rings (SSSR count). The van der Waals surface area contributed by atoms with Gasteiger partial charge in [-0.2, -0.15) is 0 Å². The Morgan fingerprint density at radius 1 is 1.38 bits per heavy atom. The predicted octanol–water partition coefficient (Wildman–Crippen LogP) is 4.10. The highest BCUT2D eigenvalue weighted by atomic mass is 127. The molecule has 1 aromatic carbocycles. The molecule has 0 heterocycles. The van der Waals surface area contributed by atoms with E-state index in [0.717, 1.165) is 18.4 Å². The number of aliphatic imine (C=N–C) groups is 1. The number of hydrogen-bond donors (Lipinski definition) is 3. The van der Waals surface area contributed by atoms with E-state index in [1.807, 2.05) is 13.0 Å². The molecule has 1 amide bonds. The third-order valence-corrected chi connectivity index (χ3v) is 4.58. The van der Waals surface area contributed by atoms with Crippen LogP contribution in [-0.2, 0) is 4.74 Å². The average molecular weight is 515 g/mol. The standard InChI is InChI=1S/C17H24Cl2N4O2.HI/c1-3-25-17(24)23-15(11-4-5-11)9-21-16(20)22-10(2)13-7-6-12(18)8-14(13)19;/h6-8,10-11,15H,3-5,9H2,1-2H3,(H,23,24)(H3,20,21,22);1H. The number of alkyl carbamates (subject to hydrolysis) is 1. The number of benzene rings is 1. The molecule has 9 heteroatoms. The van der Waals surface area contributed by atoms with Crippen LogP contribution >= 0.6 is 47.2 Å². The molecule has 0 aromatic heterocycles. The molecule has 1 aliphatic rings. The van der Waals surface area contributed by atoms with E-state index in [9.17, 15) is 4.79 Å².